The van der Waals surface area contributed by atoms with Gasteiger partial charge in [0, 0.05) is 19.6 Å². The minimum Gasteiger partial charge on any atom is -0.381 e. The zero-order chi connectivity index (χ0) is 12.4. The number of nitrogens with two attached hydrogens (primary N) is 1. The lowest BCUT2D eigenvalue weighted by Gasteiger charge is -2.21. The molecule has 18 heavy (non-hydrogen) atoms. The van der Waals surface area contributed by atoms with Crippen molar-refractivity contribution in [2.45, 2.75) is 25.7 Å². The van der Waals surface area contributed by atoms with Gasteiger partial charge in [-0.15, -0.1) is 0 Å². The van der Waals surface area contributed by atoms with Crippen molar-refractivity contribution in [1.29, 1.82) is 0 Å². The first-order chi connectivity index (χ1) is 8.83. The lowest BCUT2D eigenvalue weighted by atomic mass is 9.97. The summed E-state index contributed by atoms with van der Waals surface area (Å²) in [6, 6.07) is 0. The van der Waals surface area contributed by atoms with Crippen LogP contribution in [0.2, 0.25) is 0 Å². The Morgan fingerprint density at radius 1 is 1.50 bits per heavy atom. The molecule has 0 spiro atoms. The van der Waals surface area contributed by atoms with Gasteiger partial charge in [0.25, 0.3) is 0 Å². The number of aryl methyl sites for hydroxylation is 1. The first-order valence-corrected chi connectivity index (χ1v) is 6.42. The summed E-state index contributed by atoms with van der Waals surface area (Å²) in [4.78, 5) is 14.8. The fourth-order valence-electron chi connectivity index (χ4n) is 2.43. The summed E-state index contributed by atoms with van der Waals surface area (Å²) in [7, 11) is 0. The fourth-order valence-corrected chi connectivity index (χ4v) is 2.43. The molecule has 1 unspecified atom stereocenters. The molecule has 2 aromatic rings. The number of fused-ring (bicyclic) bond motifs is 1. The summed E-state index contributed by atoms with van der Waals surface area (Å²) < 4.78 is 5.48. The van der Waals surface area contributed by atoms with Gasteiger partial charge in [0.05, 0.1) is 0 Å². The van der Waals surface area contributed by atoms with Gasteiger partial charge in [-0.25, -0.2) is 4.98 Å². The molecule has 1 saturated heterocycles. The minimum absolute atomic E-state index is 0.510. The molecule has 0 saturated carbocycles. The van der Waals surface area contributed by atoms with Crippen molar-refractivity contribution in [3.8, 4) is 0 Å². The van der Waals surface area contributed by atoms with E-state index >= 15 is 0 Å². The third-order valence-corrected chi connectivity index (χ3v) is 3.44. The smallest absolute Gasteiger partial charge is 0.305 e. The van der Waals surface area contributed by atoms with E-state index < -0.39 is 0 Å². The third-order valence-electron chi connectivity index (χ3n) is 3.44. The van der Waals surface area contributed by atoms with Crippen LogP contribution in [0, 0.1) is 5.92 Å². The highest BCUT2D eigenvalue weighted by Crippen LogP contribution is 2.19. The SMILES string of the molecule is Nc1nc(CCC2CCCOC2)nc2[nH+]c[nH]c12. The van der Waals surface area contributed by atoms with Crippen molar-refractivity contribution in [3.05, 3.63) is 12.2 Å². The molecule has 1 aliphatic rings. The van der Waals surface area contributed by atoms with Crippen molar-refractivity contribution in [1.82, 2.24) is 15.0 Å². The number of hydrogen-bond donors (Lipinski definition) is 2. The molecule has 3 rings (SSSR count). The van der Waals surface area contributed by atoms with Crippen LogP contribution in [-0.2, 0) is 11.2 Å². The summed E-state index contributed by atoms with van der Waals surface area (Å²) in [5.74, 6) is 1.95. The van der Waals surface area contributed by atoms with Crippen LogP contribution in [0.1, 0.15) is 25.1 Å². The molecule has 1 atom stereocenters. The minimum atomic E-state index is 0.510. The summed E-state index contributed by atoms with van der Waals surface area (Å²) in [5, 5.41) is 0. The molecule has 0 aliphatic carbocycles. The fraction of sp³-hybridized carbons (Fsp3) is 0.583. The Hall–Kier alpha value is -1.69. The number of anilines is 1. The van der Waals surface area contributed by atoms with Gasteiger partial charge in [0.15, 0.2) is 12.1 Å². The van der Waals surface area contributed by atoms with Gasteiger partial charge >= 0.3 is 5.65 Å². The molecule has 6 nitrogen and oxygen atoms in total. The van der Waals surface area contributed by atoms with Gasteiger partial charge in [-0.3, -0.25) is 4.98 Å². The third kappa shape index (κ3) is 2.28. The Balaban J connectivity index is 1.70. The van der Waals surface area contributed by atoms with Crippen molar-refractivity contribution >= 4 is 17.0 Å². The number of ether oxygens (including phenoxy) is 1. The summed E-state index contributed by atoms with van der Waals surface area (Å²) >= 11 is 0. The second kappa shape index (κ2) is 4.89. The van der Waals surface area contributed by atoms with Gasteiger partial charge in [-0.05, 0) is 25.2 Å². The lowest BCUT2D eigenvalue weighted by Crippen LogP contribution is -2.18. The number of nitrogens with one attached hydrogen (secondary N) is 2. The standard InChI is InChI=1S/C12H17N5O/c13-11-10-12(15-7-14-10)17-9(16-11)4-3-8-2-1-5-18-6-8/h7-8H,1-6H2,(H3,13,14,15,16,17)/p+1. The first-order valence-electron chi connectivity index (χ1n) is 6.42. The number of nitrogens with zero attached hydrogens (tertiary/aromatic N) is 2. The second-order valence-corrected chi connectivity index (χ2v) is 4.80. The highest BCUT2D eigenvalue weighted by Gasteiger charge is 2.17. The van der Waals surface area contributed by atoms with Crippen molar-refractivity contribution < 1.29 is 9.72 Å². The molecular formula is C12H18N5O+. The van der Waals surface area contributed by atoms with Crippen LogP contribution in [0.4, 0.5) is 5.82 Å². The van der Waals surface area contributed by atoms with Gasteiger partial charge in [-0.2, -0.15) is 4.98 Å². The van der Waals surface area contributed by atoms with Crippen LogP contribution >= 0.6 is 0 Å². The van der Waals surface area contributed by atoms with Gasteiger partial charge in [-0.1, -0.05) is 4.98 Å². The van der Waals surface area contributed by atoms with Crippen LogP contribution in [0.15, 0.2) is 6.33 Å². The molecule has 1 aliphatic heterocycles. The number of rotatable bonds is 3. The summed E-state index contributed by atoms with van der Waals surface area (Å²) in [6.45, 7) is 1.78. The van der Waals surface area contributed by atoms with Gasteiger partial charge in [0.2, 0.25) is 11.3 Å². The Morgan fingerprint density at radius 2 is 2.44 bits per heavy atom. The molecule has 2 aromatic heterocycles. The maximum absolute atomic E-state index is 5.88. The van der Waals surface area contributed by atoms with Crippen molar-refractivity contribution in [3.63, 3.8) is 0 Å². The Bertz CT molecular complexity index is 532. The highest BCUT2D eigenvalue weighted by atomic mass is 16.5. The van der Waals surface area contributed by atoms with Crippen LogP contribution in [0.3, 0.4) is 0 Å². The molecule has 3 heterocycles. The lowest BCUT2D eigenvalue weighted by molar-refractivity contribution is -0.347. The van der Waals surface area contributed by atoms with Crippen molar-refractivity contribution in [2.75, 3.05) is 18.9 Å². The number of nitrogen functional groups attached to an aromatic ring is 1. The summed E-state index contributed by atoms with van der Waals surface area (Å²) in [5.41, 5.74) is 7.44. The Kier molecular flexibility index (Phi) is 3.10. The largest absolute Gasteiger partial charge is 0.381 e. The van der Waals surface area contributed by atoms with E-state index in [2.05, 4.69) is 19.9 Å². The van der Waals surface area contributed by atoms with Gasteiger partial charge in [0.1, 0.15) is 0 Å². The normalized spacial score (nSPS) is 20.3. The molecule has 0 amide bonds. The molecule has 0 radical (unpaired) electrons. The number of aromatic amines is 2. The molecule has 6 heteroatoms. The highest BCUT2D eigenvalue weighted by molar-refractivity contribution is 5.78. The molecule has 0 aromatic carbocycles. The van der Waals surface area contributed by atoms with E-state index in [-0.39, 0.29) is 0 Å². The molecular weight excluding hydrogens is 230 g/mol. The average Bonchev–Trinajstić information content (AvgIpc) is 2.86. The number of hydrogen-bond acceptors (Lipinski definition) is 4. The van der Waals surface area contributed by atoms with E-state index in [1.807, 2.05) is 0 Å². The summed E-state index contributed by atoms with van der Waals surface area (Å²) in [6.07, 6.45) is 6.04. The second-order valence-electron chi connectivity index (χ2n) is 4.80. The van der Waals surface area contributed by atoms with Crippen LogP contribution in [-0.4, -0.2) is 28.2 Å². The Morgan fingerprint density at radius 3 is 3.28 bits per heavy atom. The maximum Gasteiger partial charge on any atom is 0.305 e. The quantitative estimate of drug-likeness (QED) is 0.837. The molecule has 0 bridgehead atoms. The predicted octanol–water partition coefficient (Wildman–Crippen LogP) is 0.713. The van der Waals surface area contributed by atoms with Crippen molar-refractivity contribution in [2.24, 2.45) is 5.92 Å². The Labute approximate surface area is 105 Å². The maximum atomic E-state index is 5.88. The first kappa shape index (κ1) is 11.4. The van der Waals surface area contributed by atoms with Gasteiger partial charge < -0.3 is 10.5 Å². The van der Waals surface area contributed by atoms with E-state index in [0.717, 1.165) is 49.5 Å². The topological polar surface area (TPSA) is 91.0 Å². The molecule has 96 valence electrons. The van der Waals surface area contributed by atoms with E-state index in [0.29, 0.717) is 11.7 Å². The monoisotopic (exact) mass is 248 g/mol. The zero-order valence-electron chi connectivity index (χ0n) is 10.3. The van der Waals surface area contributed by atoms with E-state index in [9.17, 15) is 0 Å². The number of imidazole rings is 1. The van der Waals surface area contributed by atoms with Crippen LogP contribution < -0.4 is 10.7 Å². The number of aromatic nitrogens is 4. The molecule has 1 fully saturated rings. The van der Waals surface area contributed by atoms with E-state index in [4.69, 9.17) is 10.5 Å². The zero-order valence-corrected chi connectivity index (χ0v) is 10.3. The average molecular weight is 248 g/mol. The van der Waals surface area contributed by atoms with Crippen LogP contribution in [0.25, 0.3) is 11.2 Å². The van der Waals surface area contributed by atoms with E-state index in [1.165, 1.54) is 6.42 Å². The number of H-pyrrole nitrogens is 2. The molecule has 4 N–H and O–H groups in total. The van der Waals surface area contributed by atoms with E-state index in [1.54, 1.807) is 6.33 Å². The van der Waals surface area contributed by atoms with Crippen LogP contribution in [0.5, 0.6) is 0 Å². The predicted molar refractivity (Wildman–Crippen MR) is 66.7 cm³/mol.